The van der Waals surface area contributed by atoms with Crippen molar-refractivity contribution in [3.05, 3.63) is 50.7 Å². The van der Waals surface area contributed by atoms with E-state index >= 15 is 0 Å². The van der Waals surface area contributed by atoms with Crippen LogP contribution in [0.4, 0.5) is 4.39 Å². The Kier molecular flexibility index (Phi) is 4.69. The van der Waals surface area contributed by atoms with Gasteiger partial charge in [0.1, 0.15) is 5.82 Å². The van der Waals surface area contributed by atoms with Gasteiger partial charge in [-0.25, -0.2) is 9.37 Å². The summed E-state index contributed by atoms with van der Waals surface area (Å²) in [6, 6.07) is 5.05. The second-order valence-electron chi connectivity index (χ2n) is 4.02. The summed E-state index contributed by atoms with van der Waals surface area (Å²) in [5, 5.41) is 6.50. The molecule has 0 saturated carbocycles. The van der Waals surface area contributed by atoms with E-state index in [0.717, 1.165) is 23.7 Å². The Balaban J connectivity index is 1.80. The minimum atomic E-state index is -0.336. The summed E-state index contributed by atoms with van der Waals surface area (Å²) in [5.74, 6) is -0.336. The van der Waals surface area contributed by atoms with Gasteiger partial charge in [-0.3, -0.25) is 0 Å². The van der Waals surface area contributed by atoms with Crippen LogP contribution in [0.2, 0.25) is 5.02 Å². The van der Waals surface area contributed by atoms with Gasteiger partial charge in [-0.2, -0.15) is 0 Å². The third kappa shape index (κ3) is 3.51. The molecule has 2 aromatic rings. The van der Waals surface area contributed by atoms with Gasteiger partial charge in [-0.1, -0.05) is 23.7 Å². The monoisotopic (exact) mass is 284 g/mol. The second-order valence-corrected chi connectivity index (χ2v) is 5.37. The van der Waals surface area contributed by atoms with E-state index in [2.05, 4.69) is 10.3 Å². The van der Waals surface area contributed by atoms with Crippen LogP contribution < -0.4 is 5.32 Å². The first-order valence-electron chi connectivity index (χ1n) is 5.71. The number of benzene rings is 1. The topological polar surface area (TPSA) is 24.9 Å². The van der Waals surface area contributed by atoms with Crippen LogP contribution in [0.25, 0.3) is 0 Å². The molecule has 0 spiro atoms. The predicted octanol–water partition coefficient (Wildman–Crippen LogP) is 3.58. The maximum absolute atomic E-state index is 13.6. The number of nitrogens with zero attached hydrogens (tertiary/aromatic N) is 1. The smallest absolute Gasteiger partial charge is 0.146 e. The van der Waals surface area contributed by atoms with E-state index in [9.17, 15) is 4.39 Å². The molecule has 0 amide bonds. The largest absolute Gasteiger partial charge is 0.312 e. The minimum absolute atomic E-state index is 0.171. The molecule has 0 aliphatic heterocycles. The Morgan fingerprint density at radius 2 is 2.28 bits per heavy atom. The van der Waals surface area contributed by atoms with Crippen molar-refractivity contribution in [3.63, 3.8) is 0 Å². The second kappa shape index (κ2) is 6.27. The zero-order valence-corrected chi connectivity index (χ0v) is 11.6. The van der Waals surface area contributed by atoms with Crippen LogP contribution >= 0.6 is 22.9 Å². The molecule has 18 heavy (non-hydrogen) atoms. The van der Waals surface area contributed by atoms with Crippen LogP contribution in [0.1, 0.15) is 16.3 Å². The molecule has 0 saturated heterocycles. The van der Waals surface area contributed by atoms with E-state index < -0.39 is 0 Å². The van der Waals surface area contributed by atoms with Gasteiger partial charge in [-0.05, 0) is 13.0 Å². The van der Waals surface area contributed by atoms with E-state index in [-0.39, 0.29) is 10.8 Å². The van der Waals surface area contributed by atoms with Crippen molar-refractivity contribution in [2.45, 2.75) is 19.9 Å². The fraction of sp³-hybridized carbons (Fsp3) is 0.308. The van der Waals surface area contributed by atoms with Crippen molar-refractivity contribution in [1.29, 1.82) is 0 Å². The van der Waals surface area contributed by atoms with Gasteiger partial charge in [-0.15, -0.1) is 11.3 Å². The molecule has 96 valence electrons. The van der Waals surface area contributed by atoms with E-state index in [1.807, 2.05) is 12.3 Å². The summed E-state index contributed by atoms with van der Waals surface area (Å²) in [4.78, 5) is 4.37. The molecular formula is C13H14ClFN2S. The fourth-order valence-electron chi connectivity index (χ4n) is 1.62. The number of hydrogen-bond donors (Lipinski definition) is 1. The SMILES string of the molecule is Cc1csc(CCNCc2cccc(Cl)c2F)n1. The van der Waals surface area contributed by atoms with Gasteiger partial charge in [0.2, 0.25) is 0 Å². The normalized spacial score (nSPS) is 10.8. The summed E-state index contributed by atoms with van der Waals surface area (Å²) in [6.45, 7) is 3.24. The van der Waals surface area contributed by atoms with Crippen molar-refractivity contribution in [2.75, 3.05) is 6.54 Å². The highest BCUT2D eigenvalue weighted by molar-refractivity contribution is 7.09. The van der Waals surface area contributed by atoms with Crippen molar-refractivity contribution in [3.8, 4) is 0 Å². The Morgan fingerprint density at radius 1 is 1.44 bits per heavy atom. The van der Waals surface area contributed by atoms with Gasteiger partial charge in [0.25, 0.3) is 0 Å². The lowest BCUT2D eigenvalue weighted by atomic mass is 10.2. The lowest BCUT2D eigenvalue weighted by molar-refractivity contribution is 0.588. The minimum Gasteiger partial charge on any atom is -0.312 e. The van der Waals surface area contributed by atoms with Crippen molar-refractivity contribution in [1.82, 2.24) is 10.3 Å². The number of rotatable bonds is 5. The lowest BCUT2D eigenvalue weighted by Gasteiger charge is -2.05. The fourth-order valence-corrected chi connectivity index (χ4v) is 2.59. The van der Waals surface area contributed by atoms with E-state index in [0.29, 0.717) is 12.1 Å². The van der Waals surface area contributed by atoms with E-state index in [1.165, 1.54) is 0 Å². The maximum Gasteiger partial charge on any atom is 0.146 e. The number of hydrogen-bond acceptors (Lipinski definition) is 3. The molecule has 0 radical (unpaired) electrons. The molecule has 0 aliphatic carbocycles. The number of aromatic nitrogens is 1. The van der Waals surface area contributed by atoms with Gasteiger partial charge < -0.3 is 5.32 Å². The van der Waals surface area contributed by atoms with Gasteiger partial charge >= 0.3 is 0 Å². The summed E-state index contributed by atoms with van der Waals surface area (Å²) >= 11 is 7.37. The van der Waals surface area contributed by atoms with Gasteiger partial charge in [0.15, 0.2) is 0 Å². The molecule has 5 heteroatoms. The molecule has 0 atom stereocenters. The summed E-state index contributed by atoms with van der Waals surface area (Å²) in [7, 11) is 0. The summed E-state index contributed by atoms with van der Waals surface area (Å²) in [6.07, 6.45) is 0.862. The van der Waals surface area contributed by atoms with Crippen LogP contribution in [0.5, 0.6) is 0 Å². The maximum atomic E-state index is 13.6. The molecule has 0 unspecified atom stereocenters. The highest BCUT2D eigenvalue weighted by Gasteiger charge is 2.05. The molecule has 1 aromatic heterocycles. The summed E-state index contributed by atoms with van der Waals surface area (Å²) in [5.41, 5.74) is 1.65. The quantitative estimate of drug-likeness (QED) is 0.849. The summed E-state index contributed by atoms with van der Waals surface area (Å²) < 4.78 is 13.6. The van der Waals surface area contributed by atoms with Gasteiger partial charge in [0, 0.05) is 36.1 Å². The Labute approximate surface area is 115 Å². The molecule has 2 rings (SSSR count). The highest BCUT2D eigenvalue weighted by Crippen LogP contribution is 2.17. The number of thiazole rings is 1. The van der Waals surface area contributed by atoms with Crippen LogP contribution in [0.15, 0.2) is 23.6 Å². The molecule has 2 nitrogen and oxygen atoms in total. The van der Waals surface area contributed by atoms with E-state index in [4.69, 9.17) is 11.6 Å². The number of nitrogens with one attached hydrogen (secondary N) is 1. The van der Waals surface area contributed by atoms with Crippen LogP contribution in [0, 0.1) is 12.7 Å². The third-order valence-electron chi connectivity index (χ3n) is 2.53. The first-order valence-corrected chi connectivity index (χ1v) is 6.97. The Bertz CT molecular complexity index is 527. The van der Waals surface area contributed by atoms with E-state index in [1.54, 1.807) is 29.5 Å². The van der Waals surface area contributed by atoms with Gasteiger partial charge in [0.05, 0.1) is 10.0 Å². The lowest BCUT2D eigenvalue weighted by Crippen LogP contribution is -2.17. The first-order chi connectivity index (χ1) is 8.66. The van der Waals surface area contributed by atoms with Crippen LogP contribution in [0.3, 0.4) is 0 Å². The molecule has 0 aliphatic rings. The van der Waals surface area contributed by atoms with Crippen molar-refractivity contribution < 1.29 is 4.39 Å². The average Bonchev–Trinajstić information content (AvgIpc) is 2.76. The van der Waals surface area contributed by atoms with Crippen LogP contribution in [-0.2, 0) is 13.0 Å². The molecule has 1 heterocycles. The van der Waals surface area contributed by atoms with Crippen LogP contribution in [-0.4, -0.2) is 11.5 Å². The zero-order valence-electron chi connectivity index (χ0n) is 10.0. The zero-order chi connectivity index (χ0) is 13.0. The molecule has 0 bridgehead atoms. The van der Waals surface area contributed by atoms with Crippen molar-refractivity contribution in [2.24, 2.45) is 0 Å². The molecule has 1 aromatic carbocycles. The third-order valence-corrected chi connectivity index (χ3v) is 3.85. The molecule has 1 N–H and O–H groups in total. The number of aryl methyl sites for hydroxylation is 1. The highest BCUT2D eigenvalue weighted by atomic mass is 35.5. The Morgan fingerprint density at radius 3 is 3.00 bits per heavy atom. The predicted molar refractivity (Wildman–Crippen MR) is 73.7 cm³/mol. The first kappa shape index (κ1) is 13.5. The molecular weight excluding hydrogens is 271 g/mol. The number of halogens is 2. The molecule has 0 fully saturated rings. The standard InChI is InChI=1S/C13H14ClFN2S/c1-9-8-18-12(17-9)5-6-16-7-10-3-2-4-11(14)13(10)15/h2-4,8,16H,5-7H2,1H3. The van der Waals surface area contributed by atoms with Crippen molar-refractivity contribution >= 4 is 22.9 Å². The average molecular weight is 285 g/mol. The Hall–Kier alpha value is -0.970.